The van der Waals surface area contributed by atoms with Gasteiger partial charge in [-0.05, 0) is 48.8 Å². The molecule has 0 spiro atoms. The molecule has 0 amide bonds. The van der Waals surface area contributed by atoms with Gasteiger partial charge < -0.3 is 14.8 Å². The molecule has 3 nitrogen and oxygen atoms in total. The Morgan fingerprint density at radius 1 is 1.30 bits per heavy atom. The third-order valence-corrected chi connectivity index (χ3v) is 4.07. The van der Waals surface area contributed by atoms with Crippen molar-refractivity contribution < 1.29 is 9.47 Å². The summed E-state index contributed by atoms with van der Waals surface area (Å²) in [4.78, 5) is 0. The van der Waals surface area contributed by atoms with E-state index < -0.39 is 0 Å². The predicted octanol–water partition coefficient (Wildman–Crippen LogP) is 4.54. The second-order valence-electron chi connectivity index (χ2n) is 4.38. The van der Waals surface area contributed by atoms with Crippen LogP contribution < -0.4 is 10.1 Å². The van der Waals surface area contributed by atoms with E-state index >= 15 is 0 Å². The van der Waals surface area contributed by atoms with Crippen molar-refractivity contribution in [2.75, 3.05) is 26.3 Å². The molecule has 114 valence electrons. The first-order chi connectivity index (χ1) is 9.54. The molecule has 1 N–H and O–H groups in total. The van der Waals surface area contributed by atoms with Crippen molar-refractivity contribution in [2.45, 2.75) is 26.4 Å². The van der Waals surface area contributed by atoms with Crippen LogP contribution in [0.15, 0.2) is 16.6 Å². The van der Waals surface area contributed by atoms with Crippen LogP contribution in [0.3, 0.4) is 0 Å². The summed E-state index contributed by atoms with van der Waals surface area (Å²) in [6.07, 6.45) is 1.00. The molecule has 0 saturated carbocycles. The fourth-order valence-electron chi connectivity index (χ4n) is 1.60. The van der Waals surface area contributed by atoms with E-state index in [2.05, 4.69) is 21.2 Å². The molecule has 6 heteroatoms. The smallest absolute Gasteiger partial charge is 0.139 e. The Bertz CT molecular complexity index is 418. The minimum Gasteiger partial charge on any atom is -0.488 e. The van der Waals surface area contributed by atoms with Crippen molar-refractivity contribution >= 4 is 39.1 Å². The topological polar surface area (TPSA) is 30.5 Å². The van der Waals surface area contributed by atoms with Gasteiger partial charge in [-0.1, -0.05) is 23.2 Å². The van der Waals surface area contributed by atoms with Crippen LogP contribution in [0.5, 0.6) is 5.75 Å². The monoisotopic (exact) mass is 383 g/mol. The van der Waals surface area contributed by atoms with Crippen molar-refractivity contribution in [3.05, 3.63) is 26.7 Å². The lowest BCUT2D eigenvalue weighted by Crippen LogP contribution is -2.30. The highest BCUT2D eigenvalue weighted by atomic mass is 79.9. The molecule has 1 aromatic carbocycles. The maximum Gasteiger partial charge on any atom is 0.139 e. The molecule has 1 aromatic rings. The highest BCUT2D eigenvalue weighted by Crippen LogP contribution is 2.34. The van der Waals surface area contributed by atoms with Gasteiger partial charge in [0.15, 0.2) is 0 Å². The number of halogens is 3. The van der Waals surface area contributed by atoms with Gasteiger partial charge in [0.05, 0.1) is 10.0 Å². The van der Waals surface area contributed by atoms with E-state index in [1.54, 1.807) is 12.1 Å². The lowest BCUT2D eigenvalue weighted by Gasteiger charge is -2.17. The van der Waals surface area contributed by atoms with Gasteiger partial charge in [-0.2, -0.15) is 0 Å². The van der Waals surface area contributed by atoms with Gasteiger partial charge in [0, 0.05) is 30.3 Å². The summed E-state index contributed by atoms with van der Waals surface area (Å²) in [5, 5.41) is 4.45. The highest BCUT2D eigenvalue weighted by Gasteiger charge is 2.10. The maximum absolute atomic E-state index is 6.11. The van der Waals surface area contributed by atoms with Crippen LogP contribution in [0.4, 0.5) is 0 Å². The van der Waals surface area contributed by atoms with Crippen LogP contribution >= 0.6 is 39.1 Å². The quantitative estimate of drug-likeness (QED) is 0.500. The van der Waals surface area contributed by atoms with Gasteiger partial charge >= 0.3 is 0 Å². The molecule has 0 aliphatic heterocycles. The van der Waals surface area contributed by atoms with Gasteiger partial charge in [0.2, 0.25) is 0 Å². The molecule has 20 heavy (non-hydrogen) atoms. The van der Waals surface area contributed by atoms with E-state index in [1.807, 2.05) is 13.8 Å². The van der Waals surface area contributed by atoms with Crippen molar-refractivity contribution in [3.8, 4) is 5.75 Å². The number of hydrogen-bond donors (Lipinski definition) is 1. The van der Waals surface area contributed by atoms with Crippen LogP contribution in [-0.4, -0.2) is 32.4 Å². The summed E-state index contributed by atoms with van der Waals surface area (Å²) in [6, 6.07) is 3.46. The molecule has 0 fully saturated rings. The zero-order valence-corrected chi connectivity index (χ0v) is 14.8. The van der Waals surface area contributed by atoms with E-state index in [9.17, 15) is 0 Å². The van der Waals surface area contributed by atoms with Crippen molar-refractivity contribution in [2.24, 2.45) is 0 Å². The van der Waals surface area contributed by atoms with Crippen LogP contribution in [0.2, 0.25) is 10.0 Å². The Morgan fingerprint density at radius 3 is 2.75 bits per heavy atom. The first kappa shape index (κ1) is 18.1. The molecule has 0 radical (unpaired) electrons. The van der Waals surface area contributed by atoms with Crippen molar-refractivity contribution in [1.82, 2.24) is 5.32 Å². The average Bonchev–Trinajstić information content (AvgIpc) is 2.40. The molecule has 0 aliphatic rings. The molecule has 0 bridgehead atoms. The van der Waals surface area contributed by atoms with E-state index in [0.717, 1.165) is 37.2 Å². The normalized spacial score (nSPS) is 12.4. The van der Waals surface area contributed by atoms with Crippen molar-refractivity contribution in [1.29, 1.82) is 0 Å². The Morgan fingerprint density at radius 2 is 2.05 bits per heavy atom. The Labute approximate surface area is 139 Å². The van der Waals surface area contributed by atoms with Gasteiger partial charge in [-0.15, -0.1) is 0 Å². The summed E-state index contributed by atoms with van der Waals surface area (Å²) in [5.74, 6) is 0.600. The van der Waals surface area contributed by atoms with Gasteiger partial charge in [0.1, 0.15) is 11.9 Å². The van der Waals surface area contributed by atoms with E-state index in [0.29, 0.717) is 15.8 Å². The summed E-state index contributed by atoms with van der Waals surface area (Å²) in [5.41, 5.74) is 0. The Balaban J connectivity index is 2.32. The third-order valence-electron chi connectivity index (χ3n) is 2.58. The number of rotatable bonds is 9. The van der Waals surface area contributed by atoms with Crippen LogP contribution in [-0.2, 0) is 4.74 Å². The highest BCUT2D eigenvalue weighted by molar-refractivity contribution is 9.10. The average molecular weight is 385 g/mol. The first-order valence-corrected chi connectivity index (χ1v) is 8.19. The second kappa shape index (κ2) is 9.85. The largest absolute Gasteiger partial charge is 0.488 e. The number of nitrogens with one attached hydrogen (secondary N) is 1. The van der Waals surface area contributed by atoms with Crippen molar-refractivity contribution in [3.63, 3.8) is 0 Å². The minimum atomic E-state index is 0.0110. The molecule has 0 saturated heterocycles. The SMILES string of the molecule is CCOCCCNCC(C)Oc1cc(Cl)c(Br)cc1Cl. The summed E-state index contributed by atoms with van der Waals surface area (Å²) >= 11 is 15.5. The van der Waals surface area contributed by atoms with E-state index in [-0.39, 0.29) is 6.10 Å². The lowest BCUT2D eigenvalue weighted by molar-refractivity contribution is 0.143. The molecular weight excluding hydrogens is 365 g/mol. The predicted molar refractivity (Wildman–Crippen MR) is 88.2 cm³/mol. The summed E-state index contributed by atoms with van der Waals surface area (Å²) in [6.45, 7) is 7.19. The molecule has 1 unspecified atom stereocenters. The lowest BCUT2D eigenvalue weighted by atomic mass is 10.3. The minimum absolute atomic E-state index is 0.0110. The molecule has 0 aromatic heterocycles. The fourth-order valence-corrected chi connectivity index (χ4v) is 2.44. The van der Waals surface area contributed by atoms with E-state index in [4.69, 9.17) is 32.7 Å². The maximum atomic E-state index is 6.11. The van der Waals surface area contributed by atoms with Gasteiger partial charge in [0.25, 0.3) is 0 Å². The van der Waals surface area contributed by atoms with E-state index in [1.165, 1.54) is 0 Å². The van der Waals surface area contributed by atoms with Crippen LogP contribution in [0, 0.1) is 0 Å². The van der Waals surface area contributed by atoms with Crippen LogP contribution in [0.25, 0.3) is 0 Å². The third kappa shape index (κ3) is 6.64. The first-order valence-electron chi connectivity index (χ1n) is 6.64. The number of benzene rings is 1. The molecule has 1 atom stereocenters. The van der Waals surface area contributed by atoms with Gasteiger partial charge in [-0.3, -0.25) is 0 Å². The zero-order chi connectivity index (χ0) is 15.0. The van der Waals surface area contributed by atoms with Gasteiger partial charge in [-0.25, -0.2) is 0 Å². The molecule has 0 aliphatic carbocycles. The summed E-state index contributed by atoms with van der Waals surface area (Å²) in [7, 11) is 0. The second-order valence-corrected chi connectivity index (χ2v) is 6.05. The van der Waals surface area contributed by atoms with Crippen LogP contribution in [0.1, 0.15) is 20.3 Å². The Kier molecular flexibility index (Phi) is 8.89. The zero-order valence-electron chi connectivity index (χ0n) is 11.7. The fraction of sp³-hybridized carbons (Fsp3) is 0.571. The molecule has 1 rings (SSSR count). The Hall–Kier alpha value is -0.0000000000000000555. The standard InChI is InChI=1S/C14H20BrCl2NO2/c1-3-19-6-4-5-18-9-10(2)20-14-8-12(16)11(15)7-13(14)17/h7-8,10,18H,3-6,9H2,1-2H3. The summed E-state index contributed by atoms with van der Waals surface area (Å²) < 4.78 is 11.8. The number of hydrogen-bond acceptors (Lipinski definition) is 3. The molecular formula is C14H20BrCl2NO2. The number of ether oxygens (including phenoxy) is 2. The molecule has 0 heterocycles.